The number of benzene rings is 2. The summed E-state index contributed by atoms with van der Waals surface area (Å²) in [6.45, 7) is 0.789. The fraction of sp³-hybridized carbons (Fsp3) is 0.222. The number of ether oxygens (including phenoxy) is 2. The molecule has 1 heterocycles. The Kier molecular flexibility index (Phi) is 5.13. The average Bonchev–Trinajstić information content (AvgIpc) is 3.00. The Labute approximate surface area is 143 Å². The standard InChI is InChI=1S/C18H17FN2O4/c1-23-15-7-9-16(10-8-15)24-12-2-11-21-18(22)25-17(20-21)13-3-5-14(19)6-4-13/h3-10H,2,11-12H2,1H3. The lowest BCUT2D eigenvalue weighted by molar-refractivity contribution is 0.295. The van der Waals surface area contributed by atoms with Crippen LogP contribution in [0.5, 0.6) is 11.5 Å². The van der Waals surface area contributed by atoms with Crippen LogP contribution in [-0.4, -0.2) is 23.5 Å². The second-order valence-electron chi connectivity index (χ2n) is 5.28. The second-order valence-corrected chi connectivity index (χ2v) is 5.28. The maximum Gasteiger partial charge on any atom is 0.437 e. The molecule has 130 valence electrons. The van der Waals surface area contributed by atoms with Crippen molar-refractivity contribution in [3.63, 3.8) is 0 Å². The molecule has 0 saturated heterocycles. The summed E-state index contributed by atoms with van der Waals surface area (Å²) in [6.07, 6.45) is 0.585. The van der Waals surface area contributed by atoms with Crippen LogP contribution in [0, 0.1) is 5.82 Å². The minimum atomic E-state index is -0.552. The van der Waals surface area contributed by atoms with Gasteiger partial charge < -0.3 is 13.9 Å². The number of aromatic nitrogens is 2. The minimum Gasteiger partial charge on any atom is -0.497 e. The average molecular weight is 344 g/mol. The second kappa shape index (κ2) is 7.65. The van der Waals surface area contributed by atoms with Crippen LogP contribution >= 0.6 is 0 Å². The molecule has 0 saturated carbocycles. The van der Waals surface area contributed by atoms with E-state index in [1.54, 1.807) is 7.11 Å². The van der Waals surface area contributed by atoms with E-state index in [1.165, 1.54) is 28.9 Å². The fourth-order valence-electron chi connectivity index (χ4n) is 2.23. The number of halogens is 1. The van der Waals surface area contributed by atoms with Gasteiger partial charge in [-0.05, 0) is 48.5 Å². The molecule has 2 aromatic carbocycles. The van der Waals surface area contributed by atoms with Gasteiger partial charge in [-0.15, -0.1) is 5.10 Å². The third-order valence-electron chi connectivity index (χ3n) is 3.54. The van der Waals surface area contributed by atoms with Crippen LogP contribution in [0.3, 0.4) is 0 Å². The summed E-state index contributed by atoms with van der Waals surface area (Å²) < 4.78 is 29.9. The van der Waals surface area contributed by atoms with Crippen molar-refractivity contribution in [3.8, 4) is 23.0 Å². The molecule has 0 aliphatic carbocycles. The van der Waals surface area contributed by atoms with Gasteiger partial charge in [-0.2, -0.15) is 4.68 Å². The van der Waals surface area contributed by atoms with Crippen molar-refractivity contribution >= 4 is 0 Å². The zero-order valence-electron chi connectivity index (χ0n) is 13.6. The van der Waals surface area contributed by atoms with E-state index in [0.717, 1.165) is 11.5 Å². The van der Waals surface area contributed by atoms with Crippen molar-refractivity contribution in [1.82, 2.24) is 9.78 Å². The lowest BCUT2D eigenvalue weighted by atomic mass is 10.2. The van der Waals surface area contributed by atoms with Gasteiger partial charge in [0.15, 0.2) is 0 Å². The number of methoxy groups -OCH3 is 1. The highest BCUT2D eigenvalue weighted by Crippen LogP contribution is 2.17. The molecule has 3 aromatic rings. The normalized spacial score (nSPS) is 10.6. The van der Waals surface area contributed by atoms with Crippen LogP contribution in [-0.2, 0) is 6.54 Å². The van der Waals surface area contributed by atoms with Gasteiger partial charge in [-0.3, -0.25) is 0 Å². The number of nitrogens with zero attached hydrogens (tertiary/aromatic N) is 2. The fourth-order valence-corrected chi connectivity index (χ4v) is 2.23. The zero-order valence-corrected chi connectivity index (χ0v) is 13.6. The predicted molar refractivity (Wildman–Crippen MR) is 89.3 cm³/mol. The van der Waals surface area contributed by atoms with Gasteiger partial charge in [-0.1, -0.05) is 0 Å². The first-order chi connectivity index (χ1) is 12.2. The Hall–Kier alpha value is -3.09. The van der Waals surface area contributed by atoms with Gasteiger partial charge >= 0.3 is 5.76 Å². The van der Waals surface area contributed by atoms with Crippen molar-refractivity contribution in [3.05, 3.63) is 64.9 Å². The monoisotopic (exact) mass is 344 g/mol. The molecular weight excluding hydrogens is 327 g/mol. The molecule has 0 bridgehead atoms. The zero-order chi connectivity index (χ0) is 17.6. The molecule has 6 nitrogen and oxygen atoms in total. The predicted octanol–water partition coefficient (Wildman–Crippen LogP) is 3.12. The first-order valence-corrected chi connectivity index (χ1v) is 7.76. The first kappa shape index (κ1) is 16.8. The van der Waals surface area contributed by atoms with Gasteiger partial charge in [0.25, 0.3) is 0 Å². The molecule has 0 atom stereocenters. The summed E-state index contributed by atoms with van der Waals surface area (Å²) in [6, 6.07) is 12.9. The molecule has 25 heavy (non-hydrogen) atoms. The maximum atomic E-state index is 12.9. The van der Waals surface area contributed by atoms with Crippen LogP contribution in [0.1, 0.15) is 6.42 Å². The van der Waals surface area contributed by atoms with E-state index >= 15 is 0 Å². The van der Waals surface area contributed by atoms with Gasteiger partial charge in [0.1, 0.15) is 17.3 Å². The Morgan fingerprint density at radius 2 is 1.76 bits per heavy atom. The maximum absolute atomic E-state index is 12.9. The van der Waals surface area contributed by atoms with Gasteiger partial charge in [-0.25, -0.2) is 9.18 Å². The smallest absolute Gasteiger partial charge is 0.437 e. The van der Waals surface area contributed by atoms with Crippen molar-refractivity contribution in [2.75, 3.05) is 13.7 Å². The summed E-state index contributed by atoms with van der Waals surface area (Å²) in [5, 5.41) is 4.12. The van der Waals surface area contributed by atoms with Gasteiger partial charge in [0.2, 0.25) is 5.89 Å². The summed E-state index contributed by atoms with van der Waals surface area (Å²) in [4.78, 5) is 11.8. The van der Waals surface area contributed by atoms with Gasteiger partial charge in [0.05, 0.1) is 20.3 Å². The van der Waals surface area contributed by atoms with E-state index in [9.17, 15) is 9.18 Å². The molecule has 0 aliphatic rings. The Balaban J connectivity index is 1.54. The Bertz CT molecular complexity index is 869. The quantitative estimate of drug-likeness (QED) is 0.616. The minimum absolute atomic E-state index is 0.168. The van der Waals surface area contributed by atoms with Crippen LogP contribution in [0.2, 0.25) is 0 Å². The largest absolute Gasteiger partial charge is 0.497 e. The topological polar surface area (TPSA) is 66.5 Å². The molecule has 0 spiro atoms. The van der Waals surface area contributed by atoms with Gasteiger partial charge in [0, 0.05) is 12.0 Å². The highest BCUT2D eigenvalue weighted by molar-refractivity contribution is 5.51. The van der Waals surface area contributed by atoms with E-state index in [-0.39, 0.29) is 11.7 Å². The summed E-state index contributed by atoms with van der Waals surface area (Å²) >= 11 is 0. The molecule has 1 aromatic heterocycles. The van der Waals surface area contributed by atoms with E-state index in [4.69, 9.17) is 13.9 Å². The SMILES string of the molecule is COc1ccc(OCCCn2nc(-c3ccc(F)cc3)oc2=O)cc1. The number of hydrogen-bond acceptors (Lipinski definition) is 5. The third kappa shape index (κ3) is 4.26. The Morgan fingerprint density at radius 1 is 1.08 bits per heavy atom. The molecular formula is C18H17FN2O4. The van der Waals surface area contributed by atoms with E-state index in [2.05, 4.69) is 5.10 Å². The summed E-state index contributed by atoms with van der Waals surface area (Å²) in [7, 11) is 1.60. The summed E-state index contributed by atoms with van der Waals surface area (Å²) in [5.74, 6) is 0.737. The highest BCUT2D eigenvalue weighted by Gasteiger charge is 2.10. The number of hydrogen-bond donors (Lipinski definition) is 0. The van der Waals surface area contributed by atoms with Crippen molar-refractivity contribution in [2.24, 2.45) is 0 Å². The first-order valence-electron chi connectivity index (χ1n) is 7.76. The Morgan fingerprint density at radius 3 is 2.44 bits per heavy atom. The van der Waals surface area contributed by atoms with E-state index < -0.39 is 5.76 Å². The van der Waals surface area contributed by atoms with E-state index in [0.29, 0.717) is 25.1 Å². The lowest BCUT2D eigenvalue weighted by Crippen LogP contribution is -2.17. The molecule has 3 rings (SSSR count). The van der Waals surface area contributed by atoms with E-state index in [1.807, 2.05) is 24.3 Å². The van der Waals surface area contributed by atoms with Crippen LogP contribution < -0.4 is 15.2 Å². The third-order valence-corrected chi connectivity index (χ3v) is 3.54. The van der Waals surface area contributed by atoms with Crippen LogP contribution in [0.4, 0.5) is 4.39 Å². The lowest BCUT2D eigenvalue weighted by Gasteiger charge is -2.06. The molecule has 0 amide bonds. The van der Waals surface area contributed by atoms with Crippen molar-refractivity contribution in [1.29, 1.82) is 0 Å². The van der Waals surface area contributed by atoms with Crippen LogP contribution in [0.25, 0.3) is 11.5 Å². The highest BCUT2D eigenvalue weighted by atomic mass is 19.1. The van der Waals surface area contributed by atoms with Crippen molar-refractivity contribution in [2.45, 2.75) is 13.0 Å². The molecule has 0 unspecified atom stereocenters. The van der Waals surface area contributed by atoms with Crippen molar-refractivity contribution < 1.29 is 18.3 Å². The van der Waals surface area contributed by atoms with Crippen LogP contribution in [0.15, 0.2) is 57.7 Å². The molecule has 0 radical (unpaired) electrons. The molecule has 0 N–H and O–H groups in total. The molecule has 0 aliphatic heterocycles. The number of rotatable bonds is 7. The number of aryl methyl sites for hydroxylation is 1. The molecule has 0 fully saturated rings. The molecule has 7 heteroatoms. The summed E-state index contributed by atoms with van der Waals surface area (Å²) in [5.41, 5.74) is 0.548.